The molecule has 182 valence electrons. The van der Waals surface area contributed by atoms with E-state index in [2.05, 4.69) is 10.3 Å². The monoisotopic (exact) mass is 527 g/mol. The molecule has 1 heterocycles. The SMILES string of the molecule is Cc1cncc(C)c1-c1ccc(NC(=O)C(N)C(c2ccccc2)c2ccccc2)cc1Cl.Cl.Cl. The van der Waals surface area contributed by atoms with E-state index in [4.69, 9.17) is 17.3 Å². The predicted octanol–water partition coefficient (Wildman–Crippen LogP) is 6.96. The summed E-state index contributed by atoms with van der Waals surface area (Å²) in [6.07, 6.45) is 3.64. The third kappa shape index (κ3) is 6.41. The van der Waals surface area contributed by atoms with Crippen molar-refractivity contribution >= 4 is 48.0 Å². The lowest BCUT2D eigenvalue weighted by Crippen LogP contribution is -2.41. The van der Waals surface area contributed by atoms with Crippen molar-refractivity contribution in [3.05, 3.63) is 119 Å². The molecule has 0 aliphatic carbocycles. The molecule has 4 rings (SSSR count). The summed E-state index contributed by atoms with van der Waals surface area (Å²) in [5.41, 5.74) is 13.2. The van der Waals surface area contributed by atoms with Crippen molar-refractivity contribution in [2.45, 2.75) is 25.8 Å². The average Bonchev–Trinajstić information content (AvgIpc) is 2.82. The molecule has 0 saturated heterocycles. The molecule has 0 bridgehead atoms. The van der Waals surface area contributed by atoms with Crippen LogP contribution in [0.1, 0.15) is 28.2 Å². The number of hydrogen-bond acceptors (Lipinski definition) is 3. The number of rotatable bonds is 6. The fourth-order valence-corrected chi connectivity index (χ4v) is 4.50. The van der Waals surface area contributed by atoms with E-state index in [1.165, 1.54) is 0 Å². The molecule has 3 N–H and O–H groups in total. The molecule has 0 radical (unpaired) electrons. The van der Waals surface area contributed by atoms with Crippen LogP contribution in [0, 0.1) is 13.8 Å². The van der Waals surface area contributed by atoms with Gasteiger partial charge in [-0.25, -0.2) is 0 Å². The number of benzene rings is 3. The van der Waals surface area contributed by atoms with Gasteiger partial charge in [0.05, 0.1) is 11.1 Å². The first-order chi connectivity index (χ1) is 16.0. The molecule has 1 atom stereocenters. The number of aryl methyl sites for hydroxylation is 2. The van der Waals surface area contributed by atoms with Crippen LogP contribution in [0.25, 0.3) is 11.1 Å². The topological polar surface area (TPSA) is 68.0 Å². The third-order valence-electron chi connectivity index (χ3n) is 5.81. The molecule has 0 aliphatic rings. The predicted molar refractivity (Wildman–Crippen MR) is 150 cm³/mol. The van der Waals surface area contributed by atoms with Crippen molar-refractivity contribution < 1.29 is 4.79 Å². The second-order valence-electron chi connectivity index (χ2n) is 8.16. The Morgan fingerprint density at radius 1 is 0.857 bits per heavy atom. The number of hydrogen-bond donors (Lipinski definition) is 2. The minimum Gasteiger partial charge on any atom is -0.325 e. The van der Waals surface area contributed by atoms with Gasteiger partial charge in [0, 0.05) is 29.6 Å². The van der Waals surface area contributed by atoms with Crippen LogP contribution in [0.5, 0.6) is 0 Å². The van der Waals surface area contributed by atoms with Gasteiger partial charge in [0.15, 0.2) is 0 Å². The maximum Gasteiger partial charge on any atom is 0.242 e. The normalized spacial score (nSPS) is 11.2. The summed E-state index contributed by atoms with van der Waals surface area (Å²) in [4.78, 5) is 17.4. The van der Waals surface area contributed by atoms with Crippen molar-refractivity contribution in [2.24, 2.45) is 5.73 Å². The Bertz CT molecular complexity index is 1210. The Labute approximate surface area is 223 Å². The fourth-order valence-electron chi connectivity index (χ4n) is 4.23. The van der Waals surface area contributed by atoms with E-state index in [1.54, 1.807) is 6.07 Å². The molecule has 35 heavy (non-hydrogen) atoms. The van der Waals surface area contributed by atoms with Crippen LogP contribution >= 0.6 is 36.4 Å². The van der Waals surface area contributed by atoms with Gasteiger partial charge in [0.1, 0.15) is 0 Å². The molecule has 0 spiro atoms. The molecular weight excluding hydrogens is 501 g/mol. The number of nitrogens with zero attached hydrogens (tertiary/aromatic N) is 1. The standard InChI is InChI=1S/C28H26ClN3O.2ClH/c1-18-16-31-17-19(2)25(18)23-14-13-22(15-24(23)29)32-28(33)27(30)26(20-9-5-3-6-10-20)21-11-7-4-8-12-21;;/h3-17,26-27H,30H2,1-2H3,(H,32,33);2*1H. The van der Waals surface area contributed by atoms with E-state index in [9.17, 15) is 4.79 Å². The zero-order chi connectivity index (χ0) is 23.4. The van der Waals surface area contributed by atoms with E-state index >= 15 is 0 Å². The van der Waals surface area contributed by atoms with Gasteiger partial charge < -0.3 is 11.1 Å². The number of aromatic nitrogens is 1. The number of nitrogens with two attached hydrogens (primary N) is 1. The van der Waals surface area contributed by atoms with Crippen LogP contribution in [0.15, 0.2) is 91.3 Å². The van der Waals surface area contributed by atoms with Gasteiger partial charge in [-0.1, -0.05) is 78.3 Å². The Morgan fingerprint density at radius 2 is 1.37 bits per heavy atom. The molecular formula is C28H28Cl3N3O. The number of halogens is 3. The van der Waals surface area contributed by atoms with E-state index < -0.39 is 6.04 Å². The Morgan fingerprint density at radius 3 is 1.86 bits per heavy atom. The summed E-state index contributed by atoms with van der Waals surface area (Å²) in [6.45, 7) is 4.02. The molecule has 0 saturated carbocycles. The summed E-state index contributed by atoms with van der Waals surface area (Å²) in [7, 11) is 0. The van der Waals surface area contributed by atoms with Crippen molar-refractivity contribution in [1.82, 2.24) is 4.98 Å². The number of nitrogens with one attached hydrogen (secondary N) is 1. The van der Waals surface area contributed by atoms with Crippen molar-refractivity contribution in [3.63, 3.8) is 0 Å². The molecule has 4 aromatic rings. The molecule has 1 unspecified atom stereocenters. The minimum absolute atomic E-state index is 0. The molecule has 4 nitrogen and oxygen atoms in total. The first-order valence-corrected chi connectivity index (χ1v) is 11.2. The zero-order valence-corrected chi connectivity index (χ0v) is 21.8. The summed E-state index contributed by atoms with van der Waals surface area (Å²) in [5.74, 6) is -0.544. The number of pyridine rings is 1. The van der Waals surface area contributed by atoms with E-state index in [0.29, 0.717) is 10.7 Å². The molecule has 1 aromatic heterocycles. The van der Waals surface area contributed by atoms with E-state index in [-0.39, 0.29) is 36.6 Å². The smallest absolute Gasteiger partial charge is 0.242 e. The van der Waals surface area contributed by atoms with Crippen LogP contribution < -0.4 is 11.1 Å². The summed E-state index contributed by atoms with van der Waals surface area (Å²) in [6, 6.07) is 24.5. The molecule has 0 aliphatic heterocycles. The van der Waals surface area contributed by atoms with Crippen molar-refractivity contribution in [3.8, 4) is 11.1 Å². The molecule has 3 aromatic carbocycles. The Hall–Kier alpha value is -2.89. The summed E-state index contributed by atoms with van der Waals surface area (Å²) >= 11 is 6.62. The van der Waals surface area contributed by atoms with Crippen molar-refractivity contribution in [2.75, 3.05) is 5.32 Å². The number of amides is 1. The van der Waals surface area contributed by atoms with Crippen LogP contribution in [-0.2, 0) is 4.79 Å². The summed E-state index contributed by atoms with van der Waals surface area (Å²) in [5, 5.41) is 3.51. The number of carbonyl (C=O) groups excluding carboxylic acids is 1. The molecule has 0 fully saturated rings. The Kier molecular flexibility index (Phi) is 10.3. The second-order valence-corrected chi connectivity index (χ2v) is 8.56. The van der Waals surface area contributed by atoms with Gasteiger partial charge in [0.2, 0.25) is 5.91 Å². The van der Waals surface area contributed by atoms with Crippen LogP contribution in [-0.4, -0.2) is 16.9 Å². The van der Waals surface area contributed by atoms with Crippen LogP contribution in [0.4, 0.5) is 5.69 Å². The highest BCUT2D eigenvalue weighted by Gasteiger charge is 2.28. The van der Waals surface area contributed by atoms with E-state index in [1.807, 2.05) is 99.0 Å². The van der Waals surface area contributed by atoms with Gasteiger partial charge >= 0.3 is 0 Å². The van der Waals surface area contributed by atoms with Gasteiger partial charge in [0.25, 0.3) is 0 Å². The van der Waals surface area contributed by atoms with Gasteiger partial charge in [-0.15, -0.1) is 24.8 Å². The first kappa shape index (κ1) is 28.3. The summed E-state index contributed by atoms with van der Waals surface area (Å²) < 4.78 is 0. The lowest BCUT2D eigenvalue weighted by atomic mass is 9.85. The van der Waals surface area contributed by atoms with Crippen LogP contribution in [0.3, 0.4) is 0 Å². The highest BCUT2D eigenvalue weighted by atomic mass is 35.5. The lowest BCUT2D eigenvalue weighted by molar-refractivity contribution is -0.117. The number of carbonyl (C=O) groups is 1. The molecule has 7 heteroatoms. The maximum absolute atomic E-state index is 13.2. The highest BCUT2D eigenvalue weighted by molar-refractivity contribution is 6.33. The minimum atomic E-state index is -0.780. The van der Waals surface area contributed by atoms with Crippen molar-refractivity contribution in [1.29, 1.82) is 0 Å². The quantitative estimate of drug-likeness (QED) is 0.284. The largest absolute Gasteiger partial charge is 0.325 e. The maximum atomic E-state index is 13.2. The second kappa shape index (κ2) is 12.7. The molecule has 1 amide bonds. The highest BCUT2D eigenvalue weighted by Crippen LogP contribution is 2.34. The van der Waals surface area contributed by atoms with E-state index in [0.717, 1.165) is 33.4 Å². The van der Waals surface area contributed by atoms with Gasteiger partial charge in [-0.2, -0.15) is 0 Å². The lowest BCUT2D eigenvalue weighted by Gasteiger charge is -2.24. The van der Waals surface area contributed by atoms with Crippen LogP contribution in [0.2, 0.25) is 5.02 Å². The third-order valence-corrected chi connectivity index (χ3v) is 6.12. The van der Waals surface area contributed by atoms with Gasteiger partial charge in [-0.05, 0) is 53.8 Å². The fraction of sp³-hybridized carbons (Fsp3) is 0.143. The van der Waals surface area contributed by atoms with Gasteiger partial charge in [-0.3, -0.25) is 9.78 Å². The number of anilines is 1. The average molecular weight is 529 g/mol. The Balaban J connectivity index is 0.00000216. The zero-order valence-electron chi connectivity index (χ0n) is 19.4. The first-order valence-electron chi connectivity index (χ1n) is 10.8.